The van der Waals surface area contributed by atoms with Crippen molar-refractivity contribution < 1.29 is 0 Å². The van der Waals surface area contributed by atoms with Crippen molar-refractivity contribution in [2.45, 2.75) is 52.1 Å². The van der Waals surface area contributed by atoms with E-state index in [1.165, 1.54) is 36.3 Å². The lowest BCUT2D eigenvalue weighted by Gasteiger charge is -2.36. The van der Waals surface area contributed by atoms with Crippen LogP contribution >= 0.6 is 11.8 Å². The van der Waals surface area contributed by atoms with E-state index < -0.39 is 0 Å². The molecule has 1 aromatic rings. The molecule has 2 heteroatoms. The fourth-order valence-corrected chi connectivity index (χ4v) is 4.17. The highest BCUT2D eigenvalue weighted by molar-refractivity contribution is 7.99. The highest BCUT2D eigenvalue weighted by atomic mass is 32.2. The minimum Gasteiger partial charge on any atom is -0.311 e. The normalized spacial score (nSPS) is 24.1. The molecule has 0 radical (unpaired) electrons. The van der Waals surface area contributed by atoms with Crippen LogP contribution in [-0.2, 0) is 6.42 Å². The van der Waals surface area contributed by atoms with Gasteiger partial charge < -0.3 is 5.32 Å². The first-order chi connectivity index (χ1) is 9.05. The molecule has 106 valence electrons. The van der Waals surface area contributed by atoms with Gasteiger partial charge in [-0.25, -0.2) is 0 Å². The second-order valence-electron chi connectivity index (χ2n) is 6.67. The lowest BCUT2D eigenvalue weighted by molar-refractivity contribution is 0.300. The van der Waals surface area contributed by atoms with E-state index in [0.29, 0.717) is 17.5 Å². The van der Waals surface area contributed by atoms with E-state index in [2.05, 4.69) is 68.2 Å². The van der Waals surface area contributed by atoms with E-state index in [0.717, 1.165) is 0 Å². The Balaban J connectivity index is 1.73. The van der Waals surface area contributed by atoms with E-state index in [4.69, 9.17) is 0 Å². The molecule has 1 aromatic carbocycles. The molecule has 1 N–H and O–H groups in total. The van der Waals surface area contributed by atoms with Gasteiger partial charge in [0.05, 0.1) is 0 Å². The van der Waals surface area contributed by atoms with Gasteiger partial charge in [0.15, 0.2) is 0 Å². The van der Waals surface area contributed by atoms with Crippen LogP contribution in [0.15, 0.2) is 30.3 Å². The Labute approximate surface area is 122 Å². The average Bonchev–Trinajstić information content (AvgIpc) is 2.36. The van der Waals surface area contributed by atoms with Crippen molar-refractivity contribution in [2.24, 2.45) is 5.41 Å². The van der Waals surface area contributed by atoms with E-state index in [9.17, 15) is 0 Å². The Kier molecular flexibility index (Phi) is 5.35. The summed E-state index contributed by atoms with van der Waals surface area (Å²) in [6, 6.07) is 12.1. The molecule has 0 saturated carbocycles. The maximum Gasteiger partial charge on any atom is 0.0166 e. The second-order valence-corrected chi connectivity index (χ2v) is 7.70. The first kappa shape index (κ1) is 14.9. The molecule has 1 fully saturated rings. The van der Waals surface area contributed by atoms with E-state index in [1.54, 1.807) is 0 Å². The van der Waals surface area contributed by atoms with Crippen molar-refractivity contribution in [3.8, 4) is 0 Å². The van der Waals surface area contributed by atoms with E-state index in [1.807, 2.05) is 0 Å². The lowest BCUT2D eigenvalue weighted by atomic mass is 9.87. The largest absolute Gasteiger partial charge is 0.311 e. The van der Waals surface area contributed by atoms with Crippen molar-refractivity contribution in [2.75, 3.05) is 11.5 Å². The SMILES string of the molecule is CC(CCc1ccccc1)NC1CSCC(C)(C)C1. The van der Waals surface area contributed by atoms with Gasteiger partial charge in [0.1, 0.15) is 0 Å². The third kappa shape index (κ3) is 5.19. The van der Waals surface area contributed by atoms with Crippen LogP contribution in [0.5, 0.6) is 0 Å². The molecule has 1 heterocycles. The maximum absolute atomic E-state index is 3.82. The van der Waals surface area contributed by atoms with Crippen molar-refractivity contribution in [3.63, 3.8) is 0 Å². The molecule has 19 heavy (non-hydrogen) atoms. The molecule has 0 aromatic heterocycles. The summed E-state index contributed by atoms with van der Waals surface area (Å²) >= 11 is 2.10. The Hall–Kier alpha value is -0.470. The number of benzene rings is 1. The topological polar surface area (TPSA) is 12.0 Å². The van der Waals surface area contributed by atoms with Gasteiger partial charge >= 0.3 is 0 Å². The van der Waals surface area contributed by atoms with Crippen LogP contribution in [0.25, 0.3) is 0 Å². The molecule has 0 aliphatic carbocycles. The number of nitrogens with one attached hydrogen (secondary N) is 1. The smallest absolute Gasteiger partial charge is 0.0166 e. The molecule has 2 rings (SSSR count). The Morgan fingerprint density at radius 2 is 2.05 bits per heavy atom. The lowest BCUT2D eigenvalue weighted by Crippen LogP contribution is -2.44. The molecule has 1 saturated heterocycles. The van der Waals surface area contributed by atoms with Gasteiger partial charge in [0, 0.05) is 17.8 Å². The van der Waals surface area contributed by atoms with Gasteiger partial charge in [0.25, 0.3) is 0 Å². The van der Waals surface area contributed by atoms with Gasteiger partial charge in [-0.05, 0) is 42.9 Å². The Morgan fingerprint density at radius 1 is 1.32 bits per heavy atom. The molecule has 0 bridgehead atoms. The molecular formula is C17H27NS. The highest BCUT2D eigenvalue weighted by Crippen LogP contribution is 2.33. The summed E-state index contributed by atoms with van der Waals surface area (Å²) in [6.45, 7) is 7.11. The zero-order valence-corrected chi connectivity index (χ0v) is 13.3. The predicted octanol–water partition coefficient (Wildman–Crippen LogP) is 4.13. The zero-order chi connectivity index (χ0) is 13.7. The van der Waals surface area contributed by atoms with Crippen LogP contribution in [0.3, 0.4) is 0 Å². The number of rotatable bonds is 5. The van der Waals surface area contributed by atoms with Crippen LogP contribution in [0.1, 0.15) is 39.2 Å². The minimum atomic E-state index is 0.500. The fraction of sp³-hybridized carbons (Fsp3) is 0.647. The Bertz CT molecular complexity index is 374. The number of hydrogen-bond donors (Lipinski definition) is 1. The van der Waals surface area contributed by atoms with Crippen LogP contribution < -0.4 is 5.32 Å². The third-order valence-corrected chi connectivity index (χ3v) is 5.46. The molecule has 0 amide bonds. The summed E-state index contributed by atoms with van der Waals surface area (Å²) in [5.74, 6) is 2.59. The van der Waals surface area contributed by atoms with Crippen molar-refractivity contribution >= 4 is 11.8 Å². The van der Waals surface area contributed by atoms with Crippen molar-refractivity contribution in [1.29, 1.82) is 0 Å². The molecule has 2 unspecified atom stereocenters. The quantitative estimate of drug-likeness (QED) is 0.868. The van der Waals surface area contributed by atoms with E-state index >= 15 is 0 Å². The van der Waals surface area contributed by atoms with Crippen molar-refractivity contribution in [1.82, 2.24) is 5.32 Å². The van der Waals surface area contributed by atoms with Crippen molar-refractivity contribution in [3.05, 3.63) is 35.9 Å². The molecule has 1 aliphatic rings. The summed E-state index contributed by atoms with van der Waals surface area (Å²) in [5.41, 5.74) is 1.95. The summed E-state index contributed by atoms with van der Waals surface area (Å²) < 4.78 is 0. The number of hydrogen-bond acceptors (Lipinski definition) is 2. The van der Waals surface area contributed by atoms with E-state index in [-0.39, 0.29) is 0 Å². The van der Waals surface area contributed by atoms with Gasteiger partial charge in [-0.15, -0.1) is 0 Å². The van der Waals surface area contributed by atoms with Crippen LogP contribution in [-0.4, -0.2) is 23.6 Å². The Morgan fingerprint density at radius 3 is 2.74 bits per heavy atom. The highest BCUT2D eigenvalue weighted by Gasteiger charge is 2.28. The molecular weight excluding hydrogens is 250 g/mol. The zero-order valence-electron chi connectivity index (χ0n) is 12.5. The first-order valence-corrected chi connectivity index (χ1v) is 8.58. The summed E-state index contributed by atoms with van der Waals surface area (Å²) in [6.07, 6.45) is 3.72. The second kappa shape index (κ2) is 6.81. The monoisotopic (exact) mass is 277 g/mol. The summed E-state index contributed by atoms with van der Waals surface area (Å²) in [4.78, 5) is 0. The number of aryl methyl sites for hydroxylation is 1. The van der Waals surface area contributed by atoms with Gasteiger partial charge in [-0.1, -0.05) is 44.2 Å². The summed E-state index contributed by atoms with van der Waals surface area (Å²) in [7, 11) is 0. The third-order valence-electron chi connectivity index (χ3n) is 3.84. The minimum absolute atomic E-state index is 0.500. The maximum atomic E-state index is 3.82. The first-order valence-electron chi connectivity index (χ1n) is 7.43. The molecule has 1 nitrogen and oxygen atoms in total. The molecule has 1 aliphatic heterocycles. The van der Waals surface area contributed by atoms with Crippen LogP contribution in [0.4, 0.5) is 0 Å². The standard InChI is InChI=1S/C17H27NS/c1-14(9-10-15-7-5-4-6-8-15)18-16-11-17(2,3)13-19-12-16/h4-8,14,16,18H,9-13H2,1-3H3. The average molecular weight is 277 g/mol. The van der Waals surface area contributed by atoms with Crippen LogP contribution in [0, 0.1) is 5.41 Å². The summed E-state index contributed by atoms with van der Waals surface area (Å²) in [5, 5.41) is 3.82. The van der Waals surface area contributed by atoms with Gasteiger partial charge in [0.2, 0.25) is 0 Å². The van der Waals surface area contributed by atoms with Gasteiger partial charge in [-0.3, -0.25) is 0 Å². The molecule has 2 atom stereocenters. The molecule has 0 spiro atoms. The van der Waals surface area contributed by atoms with Gasteiger partial charge in [-0.2, -0.15) is 11.8 Å². The van der Waals surface area contributed by atoms with Crippen LogP contribution in [0.2, 0.25) is 0 Å². The predicted molar refractivity (Wildman–Crippen MR) is 86.9 cm³/mol. The fourth-order valence-electron chi connectivity index (χ4n) is 2.88. The number of thioether (sulfide) groups is 1.